The summed E-state index contributed by atoms with van der Waals surface area (Å²) in [6.07, 6.45) is -1.52. The summed E-state index contributed by atoms with van der Waals surface area (Å²) in [7, 11) is 0. The maximum Gasteiger partial charge on any atom is 0.332 e. The molecule has 2 unspecified atom stereocenters. The van der Waals surface area contributed by atoms with Gasteiger partial charge in [-0.05, 0) is 58.7 Å². The highest BCUT2D eigenvalue weighted by Crippen LogP contribution is 2.23. The Balaban J connectivity index is 1.52. The minimum Gasteiger partial charge on any atom is -0.479 e. The van der Waals surface area contributed by atoms with Crippen molar-refractivity contribution >= 4 is 34.5 Å². The molecule has 3 aromatic carbocycles. The van der Waals surface area contributed by atoms with E-state index in [9.17, 15) is 19.9 Å². The molecule has 1 amide bonds. The van der Waals surface area contributed by atoms with Gasteiger partial charge in [-0.25, -0.2) is 4.79 Å². The van der Waals surface area contributed by atoms with Gasteiger partial charge in [0.05, 0.1) is 0 Å². The molecule has 1 aromatic heterocycles. The lowest BCUT2D eigenvalue weighted by Gasteiger charge is -2.21. The van der Waals surface area contributed by atoms with Gasteiger partial charge in [-0.15, -0.1) is 5.10 Å². The second kappa shape index (κ2) is 9.90. The second-order valence-electron chi connectivity index (χ2n) is 7.85. The molecule has 2 atom stereocenters. The van der Waals surface area contributed by atoms with Crippen LogP contribution < -0.4 is 5.32 Å². The third-order valence-corrected chi connectivity index (χ3v) is 5.65. The van der Waals surface area contributed by atoms with Crippen molar-refractivity contribution in [3.8, 4) is 11.1 Å². The van der Waals surface area contributed by atoms with Crippen LogP contribution >= 0.6 is 11.6 Å². The molecule has 0 fully saturated rings. The van der Waals surface area contributed by atoms with E-state index in [1.165, 1.54) is 12.1 Å². The number of aromatic nitrogens is 3. The Labute approximate surface area is 199 Å². The van der Waals surface area contributed by atoms with E-state index in [4.69, 9.17) is 16.7 Å². The van der Waals surface area contributed by atoms with E-state index in [-0.39, 0.29) is 17.5 Å². The van der Waals surface area contributed by atoms with Crippen LogP contribution in [0.25, 0.3) is 22.2 Å². The quantitative estimate of drug-likeness (QED) is 0.284. The van der Waals surface area contributed by atoms with Crippen LogP contribution in [0.2, 0.25) is 5.02 Å². The van der Waals surface area contributed by atoms with Crippen LogP contribution in [0.15, 0.2) is 66.7 Å². The van der Waals surface area contributed by atoms with Crippen LogP contribution in [0.4, 0.5) is 0 Å². The third-order valence-electron chi connectivity index (χ3n) is 5.41. The highest BCUT2D eigenvalue weighted by atomic mass is 35.5. The molecule has 34 heavy (non-hydrogen) atoms. The van der Waals surface area contributed by atoms with Crippen molar-refractivity contribution < 1.29 is 25.0 Å². The topological polar surface area (TPSA) is 138 Å². The number of halogens is 1. The first-order valence-electron chi connectivity index (χ1n) is 10.4. The number of hydrogen-bond donors (Lipinski definition) is 4. The van der Waals surface area contributed by atoms with Gasteiger partial charge in [0.2, 0.25) is 0 Å². The fraction of sp³-hybridized carbons (Fsp3) is 0.167. The number of nitrogens with one attached hydrogen (secondary N) is 1. The van der Waals surface area contributed by atoms with Crippen molar-refractivity contribution in [2.45, 2.75) is 25.0 Å². The van der Waals surface area contributed by atoms with Gasteiger partial charge >= 0.3 is 5.97 Å². The van der Waals surface area contributed by atoms with Crippen LogP contribution in [0.3, 0.4) is 0 Å². The molecule has 4 N–H and O–H groups in total. The minimum absolute atomic E-state index is 0.182. The zero-order valence-corrected chi connectivity index (χ0v) is 18.6. The Morgan fingerprint density at radius 3 is 2.50 bits per heavy atom. The fourth-order valence-electron chi connectivity index (χ4n) is 3.67. The first kappa shape index (κ1) is 23.2. The molecule has 0 aliphatic heterocycles. The van der Waals surface area contributed by atoms with Gasteiger partial charge in [-0.3, -0.25) is 4.79 Å². The number of aliphatic hydroxyl groups excluding tert-OH is 1. The van der Waals surface area contributed by atoms with Crippen molar-refractivity contribution in [2.75, 3.05) is 0 Å². The predicted molar refractivity (Wildman–Crippen MR) is 125 cm³/mol. The summed E-state index contributed by atoms with van der Waals surface area (Å²) in [5, 5.41) is 39.4. The smallest absolute Gasteiger partial charge is 0.332 e. The van der Waals surface area contributed by atoms with Gasteiger partial charge in [0, 0.05) is 23.0 Å². The zero-order valence-electron chi connectivity index (χ0n) is 17.8. The number of carboxylic acids is 1. The largest absolute Gasteiger partial charge is 0.479 e. The Hall–Kier alpha value is -3.95. The number of hydrogen-bond acceptors (Lipinski definition) is 6. The van der Waals surface area contributed by atoms with Gasteiger partial charge in [0.15, 0.2) is 6.10 Å². The van der Waals surface area contributed by atoms with Gasteiger partial charge in [0.1, 0.15) is 11.0 Å². The normalized spacial score (nSPS) is 12.9. The molecule has 0 saturated heterocycles. The summed E-state index contributed by atoms with van der Waals surface area (Å²) in [6, 6.07) is 18.9. The van der Waals surface area contributed by atoms with E-state index in [1.807, 2.05) is 42.5 Å². The zero-order chi connectivity index (χ0) is 24.2. The van der Waals surface area contributed by atoms with Gasteiger partial charge < -0.3 is 20.7 Å². The molecule has 4 rings (SSSR count). The number of carbonyl (C=O) groups is 2. The fourth-order valence-corrected chi connectivity index (χ4v) is 3.86. The molecule has 10 heteroatoms. The lowest BCUT2D eigenvalue weighted by atomic mass is 9.97. The molecule has 0 radical (unpaired) electrons. The van der Waals surface area contributed by atoms with E-state index in [0.29, 0.717) is 21.8 Å². The average molecular weight is 481 g/mol. The number of carboxylic acid groups (broad SMARTS) is 1. The summed E-state index contributed by atoms with van der Waals surface area (Å²) >= 11 is 6.07. The molecule has 4 aromatic rings. The second-order valence-corrected chi connectivity index (χ2v) is 8.29. The monoisotopic (exact) mass is 480 g/mol. The summed E-state index contributed by atoms with van der Waals surface area (Å²) < 4.78 is 0. The lowest BCUT2D eigenvalue weighted by Crippen LogP contribution is -2.40. The van der Waals surface area contributed by atoms with Crippen molar-refractivity contribution in [2.24, 2.45) is 0 Å². The number of fused-ring (bicyclic) bond motifs is 1. The van der Waals surface area contributed by atoms with Crippen molar-refractivity contribution in [1.29, 1.82) is 0 Å². The molecule has 1 heterocycles. The van der Waals surface area contributed by atoms with Crippen LogP contribution in [0.1, 0.15) is 22.3 Å². The first-order valence-corrected chi connectivity index (χ1v) is 10.8. The van der Waals surface area contributed by atoms with E-state index >= 15 is 0 Å². The number of aliphatic carboxylic acids is 1. The SMILES string of the molecule is O=C(NC(Cc1ccc(-c2cccc(Cl)c2)cc1)CC(O)C(=O)O)c1ccc2nnn(O)c2c1. The first-order chi connectivity index (χ1) is 16.3. The van der Waals surface area contributed by atoms with E-state index in [1.54, 1.807) is 12.1 Å². The summed E-state index contributed by atoms with van der Waals surface area (Å²) in [6.45, 7) is 0. The molecule has 0 aliphatic carbocycles. The van der Waals surface area contributed by atoms with E-state index in [2.05, 4.69) is 15.6 Å². The van der Waals surface area contributed by atoms with Crippen LogP contribution in [0.5, 0.6) is 0 Å². The Bertz CT molecular complexity index is 1340. The molecule has 0 saturated carbocycles. The van der Waals surface area contributed by atoms with Crippen LogP contribution in [-0.2, 0) is 11.2 Å². The van der Waals surface area contributed by atoms with Gasteiger partial charge in [-0.1, -0.05) is 52.8 Å². The van der Waals surface area contributed by atoms with E-state index in [0.717, 1.165) is 16.7 Å². The molecular formula is C24H21ClN4O5. The number of benzene rings is 3. The Morgan fingerprint density at radius 2 is 1.79 bits per heavy atom. The van der Waals surface area contributed by atoms with Gasteiger partial charge in [0.25, 0.3) is 5.91 Å². The molecule has 9 nitrogen and oxygen atoms in total. The maximum absolute atomic E-state index is 12.9. The standard InChI is InChI=1S/C24H21ClN4O5/c25-18-3-1-2-16(11-18)15-6-4-14(5-7-15)10-19(13-22(30)24(32)33)26-23(31)17-8-9-20-21(12-17)29(34)28-27-20/h1-9,11-12,19,22,30,34H,10,13H2,(H,26,31)(H,32,33). The molecule has 0 bridgehead atoms. The Morgan fingerprint density at radius 1 is 1.03 bits per heavy atom. The number of aliphatic hydroxyl groups is 1. The van der Waals surface area contributed by atoms with Gasteiger partial charge in [-0.2, -0.15) is 0 Å². The van der Waals surface area contributed by atoms with Crippen LogP contribution in [-0.4, -0.2) is 54.6 Å². The molecular weight excluding hydrogens is 460 g/mol. The summed E-state index contributed by atoms with van der Waals surface area (Å²) in [5.41, 5.74) is 3.67. The maximum atomic E-state index is 12.9. The van der Waals surface area contributed by atoms with Crippen LogP contribution in [0, 0.1) is 0 Å². The van der Waals surface area contributed by atoms with E-state index < -0.39 is 24.0 Å². The highest BCUT2D eigenvalue weighted by molar-refractivity contribution is 6.30. The Kier molecular flexibility index (Phi) is 6.76. The highest BCUT2D eigenvalue weighted by Gasteiger charge is 2.23. The number of carbonyl (C=O) groups excluding carboxylic acids is 1. The predicted octanol–water partition coefficient (Wildman–Crippen LogP) is 3.17. The average Bonchev–Trinajstić information content (AvgIpc) is 3.19. The van der Waals surface area contributed by atoms with Crippen molar-refractivity contribution in [3.63, 3.8) is 0 Å². The van der Waals surface area contributed by atoms with Crippen molar-refractivity contribution in [3.05, 3.63) is 82.9 Å². The summed E-state index contributed by atoms with van der Waals surface area (Å²) in [4.78, 5) is 24.6. The molecule has 0 spiro atoms. The lowest BCUT2D eigenvalue weighted by molar-refractivity contribution is -0.147. The number of nitrogens with zero attached hydrogens (tertiary/aromatic N) is 3. The molecule has 0 aliphatic rings. The summed E-state index contributed by atoms with van der Waals surface area (Å²) in [5.74, 6) is -1.85. The minimum atomic E-state index is -1.64. The third kappa shape index (κ3) is 5.33. The number of rotatable bonds is 8. The number of amides is 1. The molecule has 174 valence electrons. The van der Waals surface area contributed by atoms with Crippen molar-refractivity contribution in [1.82, 2.24) is 20.5 Å².